The Bertz CT molecular complexity index is 479. The molecule has 4 N–H and O–H groups in total. The van der Waals surface area contributed by atoms with Gasteiger partial charge in [0.1, 0.15) is 6.10 Å². The SMILES string of the molecule is CCCCCCCCC(O)C(O)C(O)CCC=CC=CC=CC=CC(=O)O. The Balaban J connectivity index is 3.88. The molecule has 0 bridgehead atoms. The van der Waals surface area contributed by atoms with Gasteiger partial charge in [-0.1, -0.05) is 88.0 Å². The average Bonchev–Trinajstić information content (AvgIpc) is 2.64. The second-order valence-electron chi connectivity index (χ2n) is 6.65. The van der Waals surface area contributed by atoms with Crippen molar-refractivity contribution in [1.29, 1.82) is 0 Å². The van der Waals surface area contributed by atoms with Gasteiger partial charge in [0.05, 0.1) is 12.2 Å². The van der Waals surface area contributed by atoms with Gasteiger partial charge in [0, 0.05) is 6.08 Å². The van der Waals surface area contributed by atoms with E-state index in [4.69, 9.17) is 5.11 Å². The molecule has 0 aromatic carbocycles. The highest BCUT2D eigenvalue weighted by Gasteiger charge is 2.23. The lowest BCUT2D eigenvalue weighted by molar-refractivity contribution is -0.131. The van der Waals surface area contributed by atoms with Crippen molar-refractivity contribution >= 4 is 5.97 Å². The zero-order valence-electron chi connectivity index (χ0n) is 16.4. The molecule has 5 nitrogen and oxygen atoms in total. The van der Waals surface area contributed by atoms with Crippen LogP contribution in [0.15, 0.2) is 48.6 Å². The maximum absolute atomic E-state index is 10.2. The molecule has 0 aromatic rings. The van der Waals surface area contributed by atoms with Gasteiger partial charge >= 0.3 is 5.97 Å². The molecule has 0 heterocycles. The number of rotatable bonds is 16. The van der Waals surface area contributed by atoms with Crippen LogP contribution in [-0.4, -0.2) is 44.7 Å². The molecule has 5 heteroatoms. The predicted molar refractivity (Wildman–Crippen MR) is 109 cm³/mol. The fourth-order valence-electron chi connectivity index (χ4n) is 2.57. The minimum absolute atomic E-state index is 0.385. The molecule has 3 unspecified atom stereocenters. The summed E-state index contributed by atoms with van der Waals surface area (Å²) in [5, 5.41) is 38.4. The van der Waals surface area contributed by atoms with Crippen LogP contribution in [0.5, 0.6) is 0 Å². The quantitative estimate of drug-likeness (QED) is 0.185. The van der Waals surface area contributed by atoms with Gasteiger partial charge in [0.2, 0.25) is 0 Å². The van der Waals surface area contributed by atoms with E-state index < -0.39 is 24.3 Å². The highest BCUT2D eigenvalue weighted by atomic mass is 16.4. The smallest absolute Gasteiger partial charge is 0.328 e. The Labute approximate surface area is 163 Å². The van der Waals surface area contributed by atoms with Gasteiger partial charge in [0.25, 0.3) is 0 Å². The summed E-state index contributed by atoms with van der Waals surface area (Å²) < 4.78 is 0. The van der Waals surface area contributed by atoms with Gasteiger partial charge < -0.3 is 20.4 Å². The maximum Gasteiger partial charge on any atom is 0.328 e. The third-order valence-corrected chi connectivity index (χ3v) is 4.20. The van der Waals surface area contributed by atoms with Gasteiger partial charge in [-0.2, -0.15) is 0 Å². The van der Waals surface area contributed by atoms with E-state index in [1.165, 1.54) is 25.3 Å². The Morgan fingerprint density at radius 3 is 2.00 bits per heavy atom. The molecule has 0 saturated carbocycles. The van der Waals surface area contributed by atoms with Gasteiger partial charge in [-0.3, -0.25) is 0 Å². The first-order chi connectivity index (χ1) is 13.0. The van der Waals surface area contributed by atoms with Crippen LogP contribution in [0.3, 0.4) is 0 Å². The normalized spacial score (nSPS) is 16.0. The van der Waals surface area contributed by atoms with Crippen LogP contribution in [0.4, 0.5) is 0 Å². The van der Waals surface area contributed by atoms with Gasteiger partial charge in [0.15, 0.2) is 0 Å². The maximum atomic E-state index is 10.2. The summed E-state index contributed by atoms with van der Waals surface area (Å²) in [5.41, 5.74) is 0. The molecule has 0 saturated heterocycles. The minimum atomic E-state index is -1.10. The van der Waals surface area contributed by atoms with E-state index in [0.29, 0.717) is 19.3 Å². The number of unbranched alkanes of at least 4 members (excludes halogenated alkanes) is 5. The summed E-state index contributed by atoms with van der Waals surface area (Å²) in [7, 11) is 0. The van der Waals surface area contributed by atoms with Crippen LogP contribution >= 0.6 is 0 Å². The number of carboxylic acid groups (broad SMARTS) is 1. The highest BCUT2D eigenvalue weighted by molar-refractivity contribution is 5.80. The zero-order valence-corrected chi connectivity index (χ0v) is 16.4. The summed E-state index contributed by atoms with van der Waals surface area (Å²) in [4.78, 5) is 10.2. The molecule has 0 aliphatic carbocycles. The third kappa shape index (κ3) is 16.2. The second-order valence-corrected chi connectivity index (χ2v) is 6.65. The molecule has 0 amide bonds. The third-order valence-electron chi connectivity index (χ3n) is 4.20. The first kappa shape index (κ1) is 25.3. The summed E-state index contributed by atoms with van der Waals surface area (Å²) in [6, 6.07) is 0. The number of carboxylic acids is 1. The Morgan fingerprint density at radius 2 is 1.33 bits per heavy atom. The van der Waals surface area contributed by atoms with E-state index in [1.807, 2.05) is 12.2 Å². The first-order valence-corrected chi connectivity index (χ1v) is 9.92. The molecule has 0 rings (SSSR count). The van der Waals surface area contributed by atoms with E-state index in [9.17, 15) is 20.1 Å². The molecule has 154 valence electrons. The topological polar surface area (TPSA) is 98.0 Å². The first-order valence-electron chi connectivity index (χ1n) is 9.92. The number of hydrogen-bond donors (Lipinski definition) is 4. The van der Waals surface area contributed by atoms with Crippen LogP contribution in [-0.2, 0) is 4.79 Å². The molecular formula is C22H36O5. The van der Waals surface area contributed by atoms with E-state index in [0.717, 1.165) is 25.3 Å². The van der Waals surface area contributed by atoms with Gasteiger partial charge in [-0.05, 0) is 19.3 Å². The van der Waals surface area contributed by atoms with Crippen molar-refractivity contribution in [2.45, 2.75) is 83.0 Å². The zero-order chi connectivity index (χ0) is 20.3. The summed E-state index contributed by atoms with van der Waals surface area (Å²) >= 11 is 0. The Hall–Kier alpha value is -1.69. The predicted octanol–water partition coefficient (Wildman–Crippen LogP) is 3.91. The standard InChI is InChI=1S/C22H36O5/c1-2-3-4-5-10-13-16-19(23)22(27)20(24)17-14-11-8-6-7-9-12-15-18-21(25)26/h6-9,11-12,15,18-20,22-24,27H,2-5,10,13-14,16-17H2,1H3,(H,25,26). The van der Waals surface area contributed by atoms with Gasteiger partial charge in [-0.15, -0.1) is 0 Å². The van der Waals surface area contributed by atoms with Crippen LogP contribution < -0.4 is 0 Å². The fourth-order valence-corrected chi connectivity index (χ4v) is 2.57. The van der Waals surface area contributed by atoms with Crippen molar-refractivity contribution in [3.8, 4) is 0 Å². The number of aliphatic carboxylic acids is 1. The van der Waals surface area contributed by atoms with Crippen LogP contribution in [0, 0.1) is 0 Å². The molecule has 0 aliphatic rings. The summed E-state index contributed by atoms with van der Waals surface area (Å²) in [6.07, 6.45) is 18.4. The van der Waals surface area contributed by atoms with Crippen molar-refractivity contribution in [2.24, 2.45) is 0 Å². The van der Waals surface area contributed by atoms with E-state index >= 15 is 0 Å². The molecule has 0 aliphatic heterocycles. The lowest BCUT2D eigenvalue weighted by Gasteiger charge is -2.22. The highest BCUT2D eigenvalue weighted by Crippen LogP contribution is 2.14. The van der Waals surface area contributed by atoms with Crippen molar-refractivity contribution < 1.29 is 25.2 Å². The van der Waals surface area contributed by atoms with Crippen molar-refractivity contribution in [3.05, 3.63) is 48.6 Å². The number of carbonyl (C=O) groups is 1. The number of hydrogen-bond acceptors (Lipinski definition) is 4. The molecule has 0 aromatic heterocycles. The van der Waals surface area contributed by atoms with Crippen LogP contribution in [0.1, 0.15) is 64.7 Å². The Kier molecular flexibility index (Phi) is 16.6. The van der Waals surface area contributed by atoms with Gasteiger partial charge in [-0.25, -0.2) is 4.79 Å². The van der Waals surface area contributed by atoms with Crippen molar-refractivity contribution in [1.82, 2.24) is 0 Å². The number of aliphatic hydroxyl groups is 3. The van der Waals surface area contributed by atoms with E-state index in [-0.39, 0.29) is 0 Å². The Morgan fingerprint density at radius 1 is 0.778 bits per heavy atom. The minimum Gasteiger partial charge on any atom is -0.478 e. The fraction of sp³-hybridized carbons (Fsp3) is 0.591. The summed E-state index contributed by atoms with van der Waals surface area (Å²) in [5.74, 6) is -0.985. The summed E-state index contributed by atoms with van der Waals surface area (Å²) in [6.45, 7) is 2.17. The molecule has 3 atom stereocenters. The number of aliphatic hydroxyl groups excluding tert-OH is 3. The molecule has 0 fully saturated rings. The van der Waals surface area contributed by atoms with E-state index in [2.05, 4.69) is 6.92 Å². The van der Waals surface area contributed by atoms with Crippen molar-refractivity contribution in [3.63, 3.8) is 0 Å². The lowest BCUT2D eigenvalue weighted by atomic mass is 9.98. The number of allylic oxidation sites excluding steroid dienone is 7. The molecule has 0 spiro atoms. The second kappa shape index (κ2) is 17.7. The lowest BCUT2D eigenvalue weighted by Crippen LogP contribution is -2.37. The molecule has 27 heavy (non-hydrogen) atoms. The van der Waals surface area contributed by atoms with Crippen LogP contribution in [0.25, 0.3) is 0 Å². The molecular weight excluding hydrogens is 344 g/mol. The largest absolute Gasteiger partial charge is 0.478 e. The average molecular weight is 381 g/mol. The molecule has 0 radical (unpaired) electrons. The van der Waals surface area contributed by atoms with E-state index in [1.54, 1.807) is 24.3 Å². The van der Waals surface area contributed by atoms with Crippen LogP contribution in [0.2, 0.25) is 0 Å². The van der Waals surface area contributed by atoms with Crippen molar-refractivity contribution in [2.75, 3.05) is 0 Å². The monoisotopic (exact) mass is 380 g/mol.